The molecule has 0 saturated heterocycles. The quantitative estimate of drug-likeness (QED) is 0.318. The summed E-state index contributed by atoms with van der Waals surface area (Å²) in [6, 6.07) is 17.6. The van der Waals surface area contributed by atoms with Crippen LogP contribution in [-0.2, 0) is 6.61 Å². The van der Waals surface area contributed by atoms with Crippen LogP contribution in [0.4, 0.5) is 0 Å². The molecule has 0 aliphatic carbocycles. The third-order valence-corrected chi connectivity index (χ3v) is 5.04. The average Bonchev–Trinajstić information content (AvgIpc) is 2.79. The van der Waals surface area contributed by atoms with Gasteiger partial charge in [-0.05, 0) is 55.0 Å². The molecule has 3 rings (SSSR count). The van der Waals surface area contributed by atoms with Crippen LogP contribution in [-0.4, -0.2) is 25.8 Å². The number of carbonyl (C=O) groups excluding carboxylic acids is 1. The summed E-state index contributed by atoms with van der Waals surface area (Å²) in [4.78, 5) is 12.2. The molecule has 0 aliphatic rings. The number of rotatable bonds is 9. The number of nitrogens with one attached hydrogen (secondary N) is 1. The Morgan fingerprint density at radius 3 is 2.47 bits per heavy atom. The van der Waals surface area contributed by atoms with E-state index in [2.05, 4.69) is 10.5 Å². The largest absolute Gasteiger partial charge is 0.494 e. The minimum absolute atomic E-state index is 0.237. The summed E-state index contributed by atoms with van der Waals surface area (Å²) in [5, 5.41) is 4.95. The normalized spacial score (nSPS) is 10.8. The number of hydrogen-bond donors (Lipinski definition) is 1. The van der Waals surface area contributed by atoms with Crippen LogP contribution in [0.2, 0.25) is 10.0 Å². The summed E-state index contributed by atoms with van der Waals surface area (Å²) in [7, 11) is 1.52. The molecule has 166 valence electrons. The van der Waals surface area contributed by atoms with Crippen molar-refractivity contribution < 1.29 is 19.0 Å². The SMILES string of the molecule is CCOc1ccc(C(=O)N/N=C/c2cc(Cl)c(OCc3ccccc3Cl)c(OC)c2)cc1. The van der Waals surface area contributed by atoms with Gasteiger partial charge in [0.25, 0.3) is 5.91 Å². The molecule has 8 heteroatoms. The van der Waals surface area contributed by atoms with E-state index >= 15 is 0 Å². The molecule has 6 nitrogen and oxygen atoms in total. The first-order valence-electron chi connectivity index (χ1n) is 9.81. The number of carbonyl (C=O) groups is 1. The van der Waals surface area contributed by atoms with Crippen molar-refractivity contribution in [2.24, 2.45) is 5.10 Å². The minimum atomic E-state index is -0.345. The smallest absolute Gasteiger partial charge is 0.271 e. The van der Waals surface area contributed by atoms with Crippen LogP contribution in [0.25, 0.3) is 0 Å². The molecule has 0 unspecified atom stereocenters. The molecule has 1 amide bonds. The lowest BCUT2D eigenvalue weighted by Crippen LogP contribution is -2.17. The summed E-state index contributed by atoms with van der Waals surface area (Å²) in [6.45, 7) is 2.70. The van der Waals surface area contributed by atoms with E-state index in [0.717, 1.165) is 5.56 Å². The van der Waals surface area contributed by atoms with Crippen LogP contribution < -0.4 is 19.6 Å². The Balaban J connectivity index is 1.66. The van der Waals surface area contributed by atoms with E-state index in [1.54, 1.807) is 42.5 Å². The number of ether oxygens (including phenoxy) is 3. The fraction of sp³-hybridized carbons (Fsp3) is 0.167. The lowest BCUT2D eigenvalue weighted by molar-refractivity contribution is 0.0955. The number of halogens is 2. The second-order valence-electron chi connectivity index (χ2n) is 6.57. The van der Waals surface area contributed by atoms with Crippen molar-refractivity contribution in [3.8, 4) is 17.2 Å². The van der Waals surface area contributed by atoms with Gasteiger partial charge in [0.05, 0.1) is 25.0 Å². The molecule has 0 atom stereocenters. The van der Waals surface area contributed by atoms with Crippen LogP contribution in [0, 0.1) is 0 Å². The fourth-order valence-electron chi connectivity index (χ4n) is 2.82. The molecule has 0 saturated carbocycles. The summed E-state index contributed by atoms with van der Waals surface area (Å²) in [5.74, 6) is 1.18. The first-order valence-corrected chi connectivity index (χ1v) is 10.6. The average molecular weight is 473 g/mol. The number of benzene rings is 3. The van der Waals surface area contributed by atoms with E-state index in [4.69, 9.17) is 37.4 Å². The number of amides is 1. The highest BCUT2D eigenvalue weighted by Crippen LogP contribution is 2.37. The monoisotopic (exact) mass is 472 g/mol. The third-order valence-electron chi connectivity index (χ3n) is 4.39. The van der Waals surface area contributed by atoms with Crippen LogP contribution >= 0.6 is 23.2 Å². The van der Waals surface area contributed by atoms with Crippen LogP contribution in [0.15, 0.2) is 65.8 Å². The zero-order valence-corrected chi connectivity index (χ0v) is 19.1. The van der Waals surface area contributed by atoms with E-state index < -0.39 is 0 Å². The zero-order chi connectivity index (χ0) is 22.9. The Morgan fingerprint density at radius 2 is 1.78 bits per heavy atom. The van der Waals surface area contributed by atoms with Crippen molar-refractivity contribution in [2.75, 3.05) is 13.7 Å². The molecule has 0 radical (unpaired) electrons. The van der Waals surface area contributed by atoms with Crippen LogP contribution in [0.1, 0.15) is 28.4 Å². The van der Waals surface area contributed by atoms with Crippen molar-refractivity contribution in [3.63, 3.8) is 0 Å². The van der Waals surface area contributed by atoms with Gasteiger partial charge in [0.15, 0.2) is 11.5 Å². The Kier molecular flexibility index (Phi) is 8.36. The highest BCUT2D eigenvalue weighted by molar-refractivity contribution is 6.32. The van der Waals surface area contributed by atoms with Crippen LogP contribution in [0.3, 0.4) is 0 Å². The maximum absolute atomic E-state index is 12.2. The molecule has 0 heterocycles. The Morgan fingerprint density at radius 1 is 1.03 bits per heavy atom. The summed E-state index contributed by atoms with van der Waals surface area (Å²) >= 11 is 12.6. The molecule has 1 N–H and O–H groups in total. The predicted molar refractivity (Wildman–Crippen MR) is 126 cm³/mol. The molecular formula is C24H22Cl2N2O4. The molecule has 3 aromatic rings. The second-order valence-corrected chi connectivity index (χ2v) is 7.39. The number of hydrogen-bond acceptors (Lipinski definition) is 5. The lowest BCUT2D eigenvalue weighted by atomic mass is 10.2. The van der Waals surface area contributed by atoms with Gasteiger partial charge in [-0.15, -0.1) is 0 Å². The molecular weight excluding hydrogens is 451 g/mol. The van der Waals surface area contributed by atoms with E-state index in [1.807, 2.05) is 25.1 Å². The van der Waals surface area contributed by atoms with Crippen molar-refractivity contribution in [2.45, 2.75) is 13.5 Å². The van der Waals surface area contributed by atoms with Gasteiger partial charge in [-0.1, -0.05) is 41.4 Å². The maximum Gasteiger partial charge on any atom is 0.271 e. The predicted octanol–water partition coefficient (Wildman–Crippen LogP) is 5.74. The van der Waals surface area contributed by atoms with E-state index in [9.17, 15) is 4.79 Å². The topological polar surface area (TPSA) is 69.2 Å². The highest BCUT2D eigenvalue weighted by atomic mass is 35.5. The van der Waals surface area contributed by atoms with Crippen molar-refractivity contribution in [3.05, 3.63) is 87.4 Å². The third kappa shape index (κ3) is 6.15. The lowest BCUT2D eigenvalue weighted by Gasteiger charge is -2.14. The van der Waals surface area contributed by atoms with Gasteiger partial charge in [0.2, 0.25) is 0 Å². The maximum atomic E-state index is 12.2. The second kappa shape index (κ2) is 11.4. The van der Waals surface area contributed by atoms with Crippen LogP contribution in [0.5, 0.6) is 17.2 Å². The van der Waals surface area contributed by atoms with Gasteiger partial charge >= 0.3 is 0 Å². The minimum Gasteiger partial charge on any atom is -0.494 e. The van der Waals surface area contributed by atoms with Gasteiger partial charge in [-0.25, -0.2) is 5.43 Å². The Labute approximate surface area is 196 Å². The first-order chi connectivity index (χ1) is 15.5. The van der Waals surface area contributed by atoms with Crippen molar-refractivity contribution in [1.29, 1.82) is 0 Å². The highest BCUT2D eigenvalue weighted by Gasteiger charge is 2.13. The molecule has 0 bridgehead atoms. The summed E-state index contributed by atoms with van der Waals surface area (Å²) < 4.78 is 16.6. The zero-order valence-electron chi connectivity index (χ0n) is 17.6. The van der Waals surface area contributed by atoms with Gasteiger partial charge in [-0.2, -0.15) is 5.10 Å². The van der Waals surface area contributed by atoms with Crippen molar-refractivity contribution in [1.82, 2.24) is 5.43 Å². The molecule has 0 spiro atoms. The molecule has 0 aliphatic heterocycles. The van der Waals surface area contributed by atoms with Gasteiger partial charge in [-0.3, -0.25) is 4.79 Å². The molecule has 32 heavy (non-hydrogen) atoms. The molecule has 0 aromatic heterocycles. The number of methoxy groups -OCH3 is 1. The van der Waals surface area contributed by atoms with Crippen molar-refractivity contribution >= 4 is 35.3 Å². The van der Waals surface area contributed by atoms with Gasteiger partial charge < -0.3 is 14.2 Å². The van der Waals surface area contributed by atoms with Gasteiger partial charge in [0.1, 0.15) is 12.4 Å². The number of hydrazone groups is 1. The summed E-state index contributed by atoms with van der Waals surface area (Å²) in [6.07, 6.45) is 1.47. The standard InChI is InChI=1S/C24H22Cl2N2O4/c1-3-31-19-10-8-17(9-11-19)24(29)28-27-14-16-12-21(26)23(22(13-16)30-2)32-15-18-6-4-5-7-20(18)25/h4-14H,3,15H2,1-2H3,(H,28,29)/b27-14+. The first kappa shape index (κ1) is 23.4. The molecule has 3 aromatic carbocycles. The number of nitrogens with zero attached hydrogens (tertiary/aromatic N) is 1. The Hall–Kier alpha value is -3.22. The summed E-state index contributed by atoms with van der Waals surface area (Å²) in [5.41, 5.74) is 4.40. The van der Waals surface area contributed by atoms with E-state index in [0.29, 0.717) is 45.0 Å². The molecule has 0 fully saturated rings. The van der Waals surface area contributed by atoms with Gasteiger partial charge in [0, 0.05) is 16.1 Å². The fourth-order valence-corrected chi connectivity index (χ4v) is 3.28. The van der Waals surface area contributed by atoms with E-state index in [-0.39, 0.29) is 12.5 Å². The Bertz CT molecular complexity index is 1100. The van der Waals surface area contributed by atoms with E-state index in [1.165, 1.54) is 13.3 Å².